The molecule has 118 valence electrons. The molecule has 1 aromatic rings. The molecule has 1 saturated carbocycles. The van der Waals surface area contributed by atoms with Crippen molar-refractivity contribution in [3.8, 4) is 0 Å². The minimum absolute atomic E-state index is 0.134. The van der Waals surface area contributed by atoms with E-state index in [1.54, 1.807) is 12.3 Å². The Hall–Kier alpha value is -1.10. The van der Waals surface area contributed by atoms with E-state index in [9.17, 15) is 8.42 Å². The van der Waals surface area contributed by atoms with Crippen LogP contribution in [0.5, 0.6) is 0 Å². The Morgan fingerprint density at radius 2 is 2.10 bits per heavy atom. The first-order valence-corrected chi connectivity index (χ1v) is 9.66. The Bertz CT molecular complexity index is 552. The molecule has 0 bridgehead atoms. The van der Waals surface area contributed by atoms with Crippen LogP contribution in [0.25, 0.3) is 0 Å². The lowest BCUT2D eigenvalue weighted by Gasteiger charge is -2.31. The van der Waals surface area contributed by atoms with Crippen LogP contribution in [0, 0.1) is 11.8 Å². The van der Waals surface area contributed by atoms with Crippen LogP contribution in [0.2, 0.25) is 0 Å². The number of nitrogens with one attached hydrogen (secondary N) is 1. The van der Waals surface area contributed by atoms with Crippen LogP contribution in [-0.4, -0.2) is 25.7 Å². The highest BCUT2D eigenvalue weighted by atomic mass is 32.2. The van der Waals surface area contributed by atoms with Crippen molar-refractivity contribution in [2.45, 2.75) is 57.0 Å². The van der Waals surface area contributed by atoms with E-state index in [2.05, 4.69) is 24.1 Å². The number of rotatable bonds is 5. The molecule has 0 amide bonds. The van der Waals surface area contributed by atoms with Gasteiger partial charge in [-0.3, -0.25) is 0 Å². The molecule has 5 heteroatoms. The Morgan fingerprint density at radius 1 is 1.33 bits per heavy atom. The lowest BCUT2D eigenvalue weighted by Crippen LogP contribution is -2.28. The molecular formula is C16H26N2O2S. The summed E-state index contributed by atoms with van der Waals surface area (Å²) in [6, 6.07) is 3.87. The molecule has 2 rings (SSSR count). The van der Waals surface area contributed by atoms with Gasteiger partial charge in [-0.15, -0.1) is 0 Å². The lowest BCUT2D eigenvalue weighted by atomic mass is 9.81. The van der Waals surface area contributed by atoms with Gasteiger partial charge < -0.3 is 5.32 Å². The van der Waals surface area contributed by atoms with E-state index >= 15 is 0 Å². The molecule has 1 heterocycles. The first kappa shape index (κ1) is 16.3. The number of anilines is 1. The fourth-order valence-electron chi connectivity index (χ4n) is 3.22. The van der Waals surface area contributed by atoms with Crippen molar-refractivity contribution in [3.05, 3.63) is 18.3 Å². The first-order chi connectivity index (χ1) is 9.84. The lowest BCUT2D eigenvalue weighted by molar-refractivity contribution is 0.289. The summed E-state index contributed by atoms with van der Waals surface area (Å²) >= 11 is 0. The van der Waals surface area contributed by atoms with Gasteiger partial charge in [0.1, 0.15) is 0 Å². The zero-order valence-corrected chi connectivity index (χ0v) is 14.0. The van der Waals surface area contributed by atoms with Gasteiger partial charge in [0.15, 0.2) is 14.9 Å². The molecule has 1 aliphatic rings. The van der Waals surface area contributed by atoms with E-state index in [-0.39, 0.29) is 5.03 Å². The minimum atomic E-state index is -3.21. The van der Waals surface area contributed by atoms with Crippen molar-refractivity contribution in [1.82, 2.24) is 4.98 Å². The van der Waals surface area contributed by atoms with Crippen molar-refractivity contribution >= 4 is 15.5 Å². The third-order valence-corrected chi connectivity index (χ3v) is 5.08. The number of hydrogen-bond donors (Lipinski definition) is 1. The van der Waals surface area contributed by atoms with Crippen LogP contribution in [-0.2, 0) is 9.84 Å². The molecule has 0 radical (unpaired) electrons. The fourth-order valence-corrected chi connectivity index (χ4v) is 3.78. The van der Waals surface area contributed by atoms with Crippen molar-refractivity contribution in [3.63, 3.8) is 0 Å². The summed E-state index contributed by atoms with van der Waals surface area (Å²) in [5, 5.41) is 3.64. The highest BCUT2D eigenvalue weighted by Crippen LogP contribution is 2.31. The fraction of sp³-hybridized carbons (Fsp3) is 0.688. The maximum absolute atomic E-state index is 11.4. The number of nitrogens with zero attached hydrogens (tertiary/aromatic N) is 1. The quantitative estimate of drug-likeness (QED) is 0.904. The van der Waals surface area contributed by atoms with Crippen LogP contribution in [0.4, 0.5) is 5.69 Å². The van der Waals surface area contributed by atoms with Gasteiger partial charge in [-0.25, -0.2) is 13.4 Å². The Labute approximate surface area is 128 Å². The van der Waals surface area contributed by atoms with Crippen molar-refractivity contribution in [1.29, 1.82) is 0 Å². The molecule has 1 N–H and O–H groups in total. The predicted octanol–water partition coefficient (Wildman–Crippen LogP) is 3.50. The molecule has 2 unspecified atom stereocenters. The monoisotopic (exact) mass is 310 g/mol. The SMILES string of the molecule is CC(C)CC1CCCC(Nc2ccc(S(C)(=O)=O)nc2)C1. The Balaban J connectivity index is 1.95. The van der Waals surface area contributed by atoms with E-state index in [0.717, 1.165) is 17.5 Å². The van der Waals surface area contributed by atoms with Gasteiger partial charge in [0.25, 0.3) is 0 Å². The number of pyridine rings is 1. The topological polar surface area (TPSA) is 59.1 Å². The molecule has 1 aromatic heterocycles. The minimum Gasteiger partial charge on any atom is -0.381 e. The molecule has 21 heavy (non-hydrogen) atoms. The standard InChI is InChI=1S/C16H26N2O2S/c1-12(2)9-13-5-4-6-14(10-13)18-15-7-8-16(17-11-15)21(3,19)20/h7-8,11-14,18H,4-6,9-10H2,1-3H3. The summed E-state index contributed by atoms with van der Waals surface area (Å²) in [6.45, 7) is 4.57. The molecule has 0 spiro atoms. The van der Waals surface area contributed by atoms with Gasteiger partial charge in [0, 0.05) is 12.3 Å². The molecule has 0 aliphatic heterocycles. The second-order valence-corrected chi connectivity index (χ2v) is 8.62. The van der Waals surface area contributed by atoms with E-state index in [4.69, 9.17) is 0 Å². The summed E-state index contributed by atoms with van der Waals surface area (Å²) in [5.74, 6) is 1.56. The van der Waals surface area contributed by atoms with E-state index in [1.165, 1.54) is 38.4 Å². The molecule has 4 nitrogen and oxygen atoms in total. The average molecular weight is 310 g/mol. The average Bonchev–Trinajstić information content (AvgIpc) is 2.38. The van der Waals surface area contributed by atoms with E-state index < -0.39 is 9.84 Å². The zero-order chi connectivity index (χ0) is 15.5. The molecule has 2 atom stereocenters. The van der Waals surface area contributed by atoms with Crippen LogP contribution < -0.4 is 5.32 Å². The van der Waals surface area contributed by atoms with E-state index in [1.807, 2.05) is 6.07 Å². The predicted molar refractivity (Wildman–Crippen MR) is 86.2 cm³/mol. The van der Waals surface area contributed by atoms with Crippen molar-refractivity contribution in [2.24, 2.45) is 11.8 Å². The van der Waals surface area contributed by atoms with Crippen LogP contribution in [0.1, 0.15) is 46.0 Å². The second kappa shape index (κ2) is 6.77. The van der Waals surface area contributed by atoms with Crippen LogP contribution >= 0.6 is 0 Å². The van der Waals surface area contributed by atoms with Gasteiger partial charge in [-0.1, -0.05) is 26.7 Å². The summed E-state index contributed by atoms with van der Waals surface area (Å²) in [6.07, 6.45) is 9.09. The number of sulfone groups is 1. The van der Waals surface area contributed by atoms with Crippen molar-refractivity contribution < 1.29 is 8.42 Å². The summed E-state index contributed by atoms with van der Waals surface area (Å²) in [4.78, 5) is 4.03. The van der Waals surface area contributed by atoms with Crippen LogP contribution in [0.3, 0.4) is 0 Å². The van der Waals surface area contributed by atoms with Gasteiger partial charge in [-0.2, -0.15) is 0 Å². The van der Waals surface area contributed by atoms with Gasteiger partial charge >= 0.3 is 0 Å². The van der Waals surface area contributed by atoms with Gasteiger partial charge in [0.05, 0.1) is 11.9 Å². The maximum atomic E-state index is 11.4. The highest BCUT2D eigenvalue weighted by molar-refractivity contribution is 7.90. The highest BCUT2D eigenvalue weighted by Gasteiger charge is 2.22. The molecule has 1 fully saturated rings. The zero-order valence-electron chi connectivity index (χ0n) is 13.2. The smallest absolute Gasteiger partial charge is 0.192 e. The molecular weight excluding hydrogens is 284 g/mol. The largest absolute Gasteiger partial charge is 0.381 e. The van der Waals surface area contributed by atoms with Crippen molar-refractivity contribution in [2.75, 3.05) is 11.6 Å². The second-order valence-electron chi connectivity index (χ2n) is 6.66. The third kappa shape index (κ3) is 4.99. The maximum Gasteiger partial charge on any atom is 0.192 e. The molecule has 0 aromatic carbocycles. The number of hydrogen-bond acceptors (Lipinski definition) is 4. The number of aromatic nitrogens is 1. The summed E-state index contributed by atoms with van der Waals surface area (Å²) in [5.41, 5.74) is 0.914. The molecule has 1 aliphatic carbocycles. The Kier molecular flexibility index (Phi) is 5.25. The normalized spacial score (nSPS) is 23.2. The van der Waals surface area contributed by atoms with E-state index in [0.29, 0.717) is 6.04 Å². The van der Waals surface area contributed by atoms with Gasteiger partial charge in [0.2, 0.25) is 0 Å². The first-order valence-electron chi connectivity index (χ1n) is 7.77. The summed E-state index contributed by atoms with van der Waals surface area (Å²) in [7, 11) is -3.21. The van der Waals surface area contributed by atoms with Gasteiger partial charge in [-0.05, 0) is 43.2 Å². The third-order valence-electron chi connectivity index (χ3n) is 4.07. The molecule has 0 saturated heterocycles. The Morgan fingerprint density at radius 3 is 2.67 bits per heavy atom. The summed E-state index contributed by atoms with van der Waals surface area (Å²) < 4.78 is 22.8. The van der Waals surface area contributed by atoms with Crippen LogP contribution in [0.15, 0.2) is 23.4 Å².